The van der Waals surface area contributed by atoms with Crippen LogP contribution >= 0.6 is 0 Å². The van der Waals surface area contributed by atoms with Crippen LogP contribution in [-0.2, 0) is 14.8 Å². The molecule has 0 saturated carbocycles. The van der Waals surface area contributed by atoms with Gasteiger partial charge in [-0.2, -0.15) is 0 Å². The number of sulfonamides is 1. The van der Waals surface area contributed by atoms with Crippen molar-refractivity contribution in [2.75, 3.05) is 18.9 Å². The maximum Gasteiger partial charge on any atom is 0.338 e. The lowest BCUT2D eigenvalue weighted by atomic mass is 10.2. The van der Waals surface area contributed by atoms with Crippen molar-refractivity contribution in [2.45, 2.75) is 11.8 Å². The number of halogens is 1. The molecule has 128 valence electrons. The Labute approximate surface area is 139 Å². The fourth-order valence-electron chi connectivity index (χ4n) is 2.03. The molecular formula is C16H16FNO5S. The van der Waals surface area contributed by atoms with Crippen molar-refractivity contribution in [3.63, 3.8) is 0 Å². The number of rotatable bonds is 5. The van der Waals surface area contributed by atoms with Gasteiger partial charge in [0, 0.05) is 0 Å². The normalized spacial score (nSPS) is 11.0. The van der Waals surface area contributed by atoms with E-state index in [9.17, 15) is 17.6 Å². The van der Waals surface area contributed by atoms with Crippen molar-refractivity contribution < 1.29 is 27.1 Å². The third kappa shape index (κ3) is 3.65. The highest BCUT2D eigenvalue weighted by atomic mass is 32.2. The quantitative estimate of drug-likeness (QED) is 0.836. The van der Waals surface area contributed by atoms with Crippen LogP contribution in [-0.4, -0.2) is 28.6 Å². The van der Waals surface area contributed by atoms with Crippen LogP contribution in [0, 0.1) is 12.7 Å². The molecule has 0 aliphatic carbocycles. The Morgan fingerprint density at radius 3 is 2.29 bits per heavy atom. The number of ether oxygens (including phenoxy) is 2. The molecule has 2 aromatic carbocycles. The Morgan fingerprint density at radius 2 is 1.75 bits per heavy atom. The molecule has 0 spiro atoms. The number of carbonyl (C=O) groups excluding carboxylic acids is 1. The summed E-state index contributed by atoms with van der Waals surface area (Å²) in [4.78, 5) is 11.6. The summed E-state index contributed by atoms with van der Waals surface area (Å²) in [6, 6.07) is 8.18. The summed E-state index contributed by atoms with van der Waals surface area (Å²) in [5.41, 5.74) is 0.557. The summed E-state index contributed by atoms with van der Waals surface area (Å²) in [5, 5.41) is 0. The van der Waals surface area contributed by atoms with Crippen LogP contribution in [0.3, 0.4) is 0 Å². The van der Waals surface area contributed by atoms with E-state index in [1.807, 2.05) is 6.92 Å². The average Bonchev–Trinajstić information content (AvgIpc) is 2.53. The zero-order valence-electron chi connectivity index (χ0n) is 13.3. The molecule has 0 bridgehead atoms. The van der Waals surface area contributed by atoms with Gasteiger partial charge in [0.25, 0.3) is 10.0 Å². The first kappa shape index (κ1) is 17.7. The standard InChI is InChI=1S/C16H16FNO5S/c1-10-4-6-12(7-5-10)24(20,21)18-14-9-11(16(19)23-3)8-13(17)15(14)22-2/h4-9,18H,1-3H3. The van der Waals surface area contributed by atoms with Gasteiger partial charge in [0.1, 0.15) is 0 Å². The zero-order valence-corrected chi connectivity index (χ0v) is 14.1. The SMILES string of the molecule is COC(=O)c1cc(F)c(OC)c(NS(=O)(=O)c2ccc(C)cc2)c1. The van der Waals surface area contributed by atoms with Gasteiger partial charge in [-0.3, -0.25) is 4.72 Å². The second kappa shape index (κ2) is 6.88. The number of carbonyl (C=O) groups is 1. The Kier molecular flexibility index (Phi) is 5.08. The molecule has 0 aromatic heterocycles. The molecular weight excluding hydrogens is 337 g/mol. The van der Waals surface area contributed by atoms with Crippen molar-refractivity contribution in [1.29, 1.82) is 0 Å². The van der Waals surface area contributed by atoms with E-state index in [1.165, 1.54) is 19.2 Å². The van der Waals surface area contributed by atoms with Crippen LogP contribution in [0.2, 0.25) is 0 Å². The highest BCUT2D eigenvalue weighted by Gasteiger charge is 2.21. The third-order valence-electron chi connectivity index (χ3n) is 3.24. The predicted molar refractivity (Wildman–Crippen MR) is 86.3 cm³/mol. The molecule has 2 aromatic rings. The number of hydrogen-bond acceptors (Lipinski definition) is 5. The smallest absolute Gasteiger partial charge is 0.338 e. The van der Waals surface area contributed by atoms with E-state index in [0.717, 1.165) is 24.8 Å². The van der Waals surface area contributed by atoms with Gasteiger partial charge >= 0.3 is 5.97 Å². The molecule has 8 heteroatoms. The Balaban J connectivity index is 2.49. The van der Waals surface area contributed by atoms with Gasteiger partial charge in [-0.05, 0) is 31.2 Å². The maximum atomic E-state index is 14.1. The van der Waals surface area contributed by atoms with E-state index < -0.39 is 21.8 Å². The Bertz CT molecular complexity index is 863. The highest BCUT2D eigenvalue weighted by molar-refractivity contribution is 7.92. The Hall–Kier alpha value is -2.61. The van der Waals surface area contributed by atoms with Gasteiger partial charge in [0.2, 0.25) is 0 Å². The minimum absolute atomic E-state index is 0.000896. The van der Waals surface area contributed by atoms with E-state index in [2.05, 4.69) is 9.46 Å². The number of hydrogen-bond donors (Lipinski definition) is 1. The number of esters is 1. The zero-order chi connectivity index (χ0) is 17.9. The highest BCUT2D eigenvalue weighted by Crippen LogP contribution is 2.31. The van der Waals surface area contributed by atoms with Gasteiger partial charge in [0.15, 0.2) is 11.6 Å². The van der Waals surface area contributed by atoms with Crippen molar-refractivity contribution in [3.8, 4) is 5.75 Å². The third-order valence-corrected chi connectivity index (χ3v) is 4.63. The summed E-state index contributed by atoms with van der Waals surface area (Å²) in [5.74, 6) is -2.01. The van der Waals surface area contributed by atoms with Crippen LogP contribution in [0.4, 0.5) is 10.1 Å². The maximum absolute atomic E-state index is 14.1. The van der Waals surface area contributed by atoms with Crippen molar-refractivity contribution >= 4 is 21.7 Å². The first-order valence-electron chi connectivity index (χ1n) is 6.84. The minimum Gasteiger partial charge on any atom is -0.492 e. The lowest BCUT2D eigenvalue weighted by Crippen LogP contribution is -2.15. The van der Waals surface area contributed by atoms with Crippen LogP contribution < -0.4 is 9.46 Å². The monoisotopic (exact) mass is 353 g/mol. The lowest BCUT2D eigenvalue weighted by molar-refractivity contribution is 0.0600. The molecule has 0 aliphatic rings. The van der Waals surface area contributed by atoms with Gasteiger partial charge in [-0.1, -0.05) is 17.7 Å². The summed E-state index contributed by atoms with van der Waals surface area (Å²) in [7, 11) is -1.64. The molecule has 0 atom stereocenters. The molecule has 0 unspecified atom stereocenters. The van der Waals surface area contributed by atoms with E-state index in [4.69, 9.17) is 4.74 Å². The average molecular weight is 353 g/mol. The van der Waals surface area contributed by atoms with Gasteiger partial charge < -0.3 is 9.47 Å². The van der Waals surface area contributed by atoms with Crippen LogP contribution in [0.5, 0.6) is 5.75 Å². The summed E-state index contributed by atoms with van der Waals surface area (Å²) in [6.07, 6.45) is 0. The molecule has 0 saturated heterocycles. The number of nitrogens with one attached hydrogen (secondary N) is 1. The number of anilines is 1. The predicted octanol–water partition coefficient (Wildman–Crippen LogP) is 2.73. The molecule has 0 fully saturated rings. The second-order valence-corrected chi connectivity index (χ2v) is 6.63. The molecule has 0 heterocycles. The molecule has 0 radical (unpaired) electrons. The molecule has 1 N–H and O–H groups in total. The van der Waals surface area contributed by atoms with Crippen LogP contribution in [0.15, 0.2) is 41.3 Å². The van der Waals surface area contributed by atoms with Crippen LogP contribution in [0.25, 0.3) is 0 Å². The van der Waals surface area contributed by atoms with E-state index in [1.54, 1.807) is 12.1 Å². The molecule has 24 heavy (non-hydrogen) atoms. The second-order valence-electron chi connectivity index (χ2n) is 4.95. The fraction of sp³-hybridized carbons (Fsp3) is 0.188. The first-order chi connectivity index (χ1) is 11.3. The van der Waals surface area contributed by atoms with E-state index in [-0.39, 0.29) is 21.9 Å². The van der Waals surface area contributed by atoms with Crippen LogP contribution in [0.1, 0.15) is 15.9 Å². The first-order valence-corrected chi connectivity index (χ1v) is 8.32. The molecule has 0 amide bonds. The molecule has 2 rings (SSSR count). The summed E-state index contributed by atoms with van der Waals surface area (Å²) in [6.45, 7) is 1.82. The van der Waals surface area contributed by atoms with Crippen molar-refractivity contribution in [1.82, 2.24) is 0 Å². The largest absolute Gasteiger partial charge is 0.492 e. The fourth-order valence-corrected chi connectivity index (χ4v) is 3.09. The summed E-state index contributed by atoms with van der Waals surface area (Å²) < 4.78 is 50.6. The molecule has 0 aliphatic heterocycles. The van der Waals surface area contributed by atoms with Crippen molar-refractivity contribution in [3.05, 3.63) is 53.3 Å². The lowest BCUT2D eigenvalue weighted by Gasteiger charge is -2.14. The minimum atomic E-state index is -3.98. The number of benzene rings is 2. The van der Waals surface area contributed by atoms with Gasteiger partial charge in [-0.15, -0.1) is 0 Å². The Morgan fingerprint density at radius 1 is 1.12 bits per heavy atom. The molecule has 6 nitrogen and oxygen atoms in total. The number of aryl methyl sites for hydroxylation is 1. The van der Waals surface area contributed by atoms with E-state index in [0.29, 0.717) is 0 Å². The van der Waals surface area contributed by atoms with Crippen molar-refractivity contribution in [2.24, 2.45) is 0 Å². The number of methoxy groups -OCH3 is 2. The van der Waals surface area contributed by atoms with Gasteiger partial charge in [0.05, 0.1) is 30.4 Å². The van der Waals surface area contributed by atoms with Gasteiger partial charge in [-0.25, -0.2) is 17.6 Å². The topological polar surface area (TPSA) is 81.7 Å². The summed E-state index contributed by atoms with van der Waals surface area (Å²) >= 11 is 0. The van der Waals surface area contributed by atoms with E-state index >= 15 is 0 Å².